The van der Waals surface area contributed by atoms with Crippen LogP contribution >= 0.6 is 12.6 Å². The van der Waals surface area contributed by atoms with Gasteiger partial charge in [0.15, 0.2) is 6.04 Å². The van der Waals surface area contributed by atoms with Gasteiger partial charge in [-0.1, -0.05) is 20.3 Å². The van der Waals surface area contributed by atoms with E-state index in [1.54, 1.807) is 13.8 Å². The van der Waals surface area contributed by atoms with Gasteiger partial charge < -0.3 is 37.0 Å². The molecular weight excluding hydrogens is 432 g/mol. The van der Waals surface area contributed by atoms with Crippen molar-refractivity contribution in [1.82, 2.24) is 16.0 Å². The predicted molar refractivity (Wildman–Crippen MR) is 113 cm³/mol. The minimum absolute atomic E-state index is 0.129. The number of carbonyl (C=O) groups is 5. The Bertz CT molecular complexity index is 660. The fourth-order valence-electron chi connectivity index (χ4n) is 2.47. The highest BCUT2D eigenvalue weighted by Gasteiger charge is 2.33. The standard InChI is InChI=1S/C18H32N4O8S/c1-4-8(2)13(17(28)22-14(9(3)23)18(29)30)21-16(27)11(7-31)20-15(26)10(19)5-6-12(24)25/h8-11,13-14,23,31H,4-7,19H2,1-3H3,(H,20,26)(H,21,27)(H,22,28)(H,24,25)(H,29,30). The molecule has 13 heteroatoms. The highest BCUT2D eigenvalue weighted by Crippen LogP contribution is 2.10. The number of carboxylic acids is 2. The molecule has 0 rings (SSSR count). The van der Waals surface area contributed by atoms with Gasteiger partial charge in [0.2, 0.25) is 17.7 Å². The summed E-state index contributed by atoms with van der Waals surface area (Å²) in [7, 11) is 0. The average Bonchev–Trinajstić information content (AvgIpc) is 2.70. The van der Waals surface area contributed by atoms with Gasteiger partial charge in [-0.3, -0.25) is 19.2 Å². The number of thiol groups is 1. The van der Waals surface area contributed by atoms with E-state index in [0.717, 1.165) is 0 Å². The number of nitrogens with one attached hydrogen (secondary N) is 3. The van der Waals surface area contributed by atoms with E-state index >= 15 is 0 Å². The maximum absolute atomic E-state index is 12.6. The van der Waals surface area contributed by atoms with Crippen LogP contribution in [0.2, 0.25) is 0 Å². The van der Waals surface area contributed by atoms with Gasteiger partial charge in [-0.2, -0.15) is 12.6 Å². The molecule has 0 aromatic carbocycles. The van der Waals surface area contributed by atoms with Gasteiger partial charge in [0.1, 0.15) is 12.1 Å². The van der Waals surface area contributed by atoms with Crippen LogP contribution in [0.15, 0.2) is 0 Å². The van der Waals surface area contributed by atoms with E-state index in [-0.39, 0.29) is 18.6 Å². The van der Waals surface area contributed by atoms with Crippen molar-refractivity contribution in [1.29, 1.82) is 0 Å². The molecule has 0 bridgehead atoms. The molecule has 0 heterocycles. The average molecular weight is 465 g/mol. The number of aliphatic hydroxyl groups excluding tert-OH is 1. The molecule has 8 N–H and O–H groups in total. The number of hydrogen-bond acceptors (Lipinski definition) is 8. The number of rotatable bonds is 14. The molecule has 0 aliphatic carbocycles. The van der Waals surface area contributed by atoms with Crippen LogP contribution in [0.5, 0.6) is 0 Å². The summed E-state index contributed by atoms with van der Waals surface area (Å²) in [5, 5.41) is 34.4. The highest BCUT2D eigenvalue weighted by atomic mass is 32.1. The molecule has 0 fully saturated rings. The van der Waals surface area contributed by atoms with E-state index in [1.165, 1.54) is 6.92 Å². The molecule has 0 saturated carbocycles. The quantitative estimate of drug-likeness (QED) is 0.134. The Labute approximate surface area is 185 Å². The number of carboxylic acid groups (broad SMARTS) is 2. The van der Waals surface area contributed by atoms with E-state index in [2.05, 4.69) is 28.6 Å². The topological polar surface area (TPSA) is 208 Å². The molecule has 0 spiro atoms. The third-order valence-electron chi connectivity index (χ3n) is 4.66. The van der Waals surface area contributed by atoms with Gasteiger partial charge in [0.05, 0.1) is 12.1 Å². The molecule has 3 amide bonds. The molecule has 31 heavy (non-hydrogen) atoms. The molecule has 0 aliphatic heterocycles. The van der Waals surface area contributed by atoms with Crippen molar-refractivity contribution in [2.75, 3.05) is 5.75 Å². The van der Waals surface area contributed by atoms with Gasteiger partial charge in [0, 0.05) is 12.2 Å². The summed E-state index contributed by atoms with van der Waals surface area (Å²) in [4.78, 5) is 59.2. The third-order valence-corrected chi connectivity index (χ3v) is 5.03. The normalized spacial score (nSPS) is 16.7. The summed E-state index contributed by atoms with van der Waals surface area (Å²) in [6.07, 6.45) is -1.36. The lowest BCUT2D eigenvalue weighted by molar-refractivity contribution is -0.145. The molecule has 6 unspecified atom stereocenters. The van der Waals surface area contributed by atoms with Gasteiger partial charge in [-0.25, -0.2) is 4.79 Å². The highest BCUT2D eigenvalue weighted by molar-refractivity contribution is 7.80. The van der Waals surface area contributed by atoms with Crippen LogP contribution in [0.3, 0.4) is 0 Å². The van der Waals surface area contributed by atoms with Crippen molar-refractivity contribution >= 4 is 42.3 Å². The van der Waals surface area contributed by atoms with Gasteiger partial charge in [0.25, 0.3) is 0 Å². The maximum Gasteiger partial charge on any atom is 0.328 e. The van der Waals surface area contributed by atoms with Crippen molar-refractivity contribution in [3.05, 3.63) is 0 Å². The summed E-state index contributed by atoms with van der Waals surface area (Å²) in [6, 6.07) is -5.03. The van der Waals surface area contributed by atoms with E-state index < -0.39 is 65.8 Å². The summed E-state index contributed by atoms with van der Waals surface area (Å²) in [6.45, 7) is 4.63. The van der Waals surface area contributed by atoms with Crippen LogP contribution < -0.4 is 21.7 Å². The Hall–Kier alpha value is -2.38. The Morgan fingerprint density at radius 3 is 1.90 bits per heavy atom. The third kappa shape index (κ3) is 9.98. The predicted octanol–water partition coefficient (Wildman–Crippen LogP) is -1.93. The first-order chi connectivity index (χ1) is 14.3. The number of aliphatic hydroxyl groups is 1. The molecule has 0 aliphatic rings. The van der Waals surface area contributed by atoms with E-state index in [9.17, 15) is 29.1 Å². The minimum Gasteiger partial charge on any atom is -0.481 e. The van der Waals surface area contributed by atoms with Crippen LogP contribution in [-0.2, 0) is 24.0 Å². The molecule has 0 aromatic heterocycles. The smallest absolute Gasteiger partial charge is 0.328 e. The van der Waals surface area contributed by atoms with Gasteiger partial charge in [-0.05, 0) is 19.3 Å². The lowest BCUT2D eigenvalue weighted by Gasteiger charge is -2.28. The first-order valence-corrected chi connectivity index (χ1v) is 10.4. The van der Waals surface area contributed by atoms with Gasteiger partial charge in [-0.15, -0.1) is 0 Å². The number of nitrogens with two attached hydrogens (primary N) is 1. The summed E-state index contributed by atoms with van der Waals surface area (Å²) in [5.41, 5.74) is 5.62. The monoisotopic (exact) mass is 464 g/mol. The Morgan fingerprint density at radius 1 is 0.935 bits per heavy atom. The number of carbonyl (C=O) groups excluding carboxylic acids is 3. The second-order valence-corrected chi connectivity index (χ2v) is 7.58. The summed E-state index contributed by atoms with van der Waals surface area (Å²) in [5.74, 6) is -5.40. The number of amides is 3. The lowest BCUT2D eigenvalue weighted by Crippen LogP contribution is -2.60. The minimum atomic E-state index is -1.57. The van der Waals surface area contributed by atoms with Crippen molar-refractivity contribution < 1.29 is 39.3 Å². The first-order valence-electron chi connectivity index (χ1n) is 9.75. The number of hydrogen-bond donors (Lipinski definition) is 8. The zero-order valence-corrected chi connectivity index (χ0v) is 18.6. The maximum atomic E-state index is 12.6. The second kappa shape index (κ2) is 13.8. The molecule has 178 valence electrons. The van der Waals surface area contributed by atoms with Crippen molar-refractivity contribution in [2.24, 2.45) is 11.7 Å². The second-order valence-electron chi connectivity index (χ2n) is 7.22. The van der Waals surface area contributed by atoms with Crippen LogP contribution in [0.1, 0.15) is 40.0 Å². The largest absolute Gasteiger partial charge is 0.481 e. The zero-order chi connectivity index (χ0) is 24.3. The SMILES string of the molecule is CCC(C)C(NC(=O)C(CS)NC(=O)C(N)CCC(=O)O)C(=O)NC(C(=O)O)C(C)O. The Kier molecular flexibility index (Phi) is 12.8. The molecule has 12 nitrogen and oxygen atoms in total. The summed E-state index contributed by atoms with van der Waals surface area (Å²) < 4.78 is 0. The van der Waals surface area contributed by atoms with Gasteiger partial charge >= 0.3 is 11.9 Å². The molecule has 6 atom stereocenters. The van der Waals surface area contributed by atoms with E-state index in [1.807, 2.05) is 0 Å². The summed E-state index contributed by atoms with van der Waals surface area (Å²) >= 11 is 4.02. The molecule has 0 aromatic rings. The lowest BCUT2D eigenvalue weighted by atomic mass is 9.97. The Morgan fingerprint density at radius 2 is 1.48 bits per heavy atom. The van der Waals surface area contributed by atoms with Crippen molar-refractivity contribution in [3.8, 4) is 0 Å². The first kappa shape index (κ1) is 28.6. The fraction of sp³-hybridized carbons (Fsp3) is 0.722. The molecule has 0 radical (unpaired) electrons. The fourth-order valence-corrected chi connectivity index (χ4v) is 2.73. The zero-order valence-electron chi connectivity index (χ0n) is 17.7. The van der Waals surface area contributed by atoms with Crippen molar-refractivity contribution in [3.63, 3.8) is 0 Å². The molecule has 0 saturated heterocycles. The Balaban J connectivity index is 5.26. The van der Waals surface area contributed by atoms with Crippen LogP contribution in [0.4, 0.5) is 0 Å². The van der Waals surface area contributed by atoms with E-state index in [4.69, 9.17) is 15.9 Å². The van der Waals surface area contributed by atoms with Crippen LogP contribution in [-0.4, -0.2) is 81.0 Å². The number of aliphatic carboxylic acids is 2. The molecular formula is C18H32N4O8S. The van der Waals surface area contributed by atoms with Crippen LogP contribution in [0.25, 0.3) is 0 Å². The van der Waals surface area contributed by atoms with Crippen molar-refractivity contribution in [2.45, 2.75) is 70.3 Å². The van der Waals surface area contributed by atoms with E-state index in [0.29, 0.717) is 6.42 Å². The van der Waals surface area contributed by atoms with Crippen LogP contribution in [0, 0.1) is 5.92 Å².